The molecule has 1 fully saturated rings. The van der Waals surface area contributed by atoms with E-state index in [2.05, 4.69) is 16.0 Å². The quantitative estimate of drug-likeness (QED) is 0.717. The van der Waals surface area contributed by atoms with Gasteiger partial charge in [-0.05, 0) is 12.8 Å². The summed E-state index contributed by atoms with van der Waals surface area (Å²) in [5.74, 6) is 0.576. The molecule has 1 saturated carbocycles. The van der Waals surface area contributed by atoms with E-state index >= 15 is 0 Å². The van der Waals surface area contributed by atoms with Crippen molar-refractivity contribution >= 4 is 24.0 Å². The second-order valence-electron chi connectivity index (χ2n) is 3.75. The maximum Gasteiger partial charge on any atom is 0.0534 e. The number of halogens is 2. The second kappa shape index (κ2) is 5.62. The van der Waals surface area contributed by atoms with Crippen LogP contribution < -0.4 is 0 Å². The summed E-state index contributed by atoms with van der Waals surface area (Å²) in [5.41, 5.74) is 1.13. The van der Waals surface area contributed by atoms with Gasteiger partial charge in [-0.25, -0.2) is 0 Å². The van der Waals surface area contributed by atoms with Crippen LogP contribution in [0.4, 0.5) is 0 Å². The molecule has 4 heteroatoms. The minimum Gasteiger partial charge on any atom is -0.269 e. The minimum atomic E-state index is 0. The average Bonchev–Trinajstić information content (AvgIpc) is 2.67. The lowest BCUT2D eigenvalue weighted by Crippen LogP contribution is -2.12. The molecule has 0 saturated heterocycles. The van der Waals surface area contributed by atoms with Gasteiger partial charge in [-0.2, -0.15) is 5.10 Å². The number of hydrogen-bond acceptors (Lipinski definition) is 1. The molecule has 80 valence electrons. The van der Waals surface area contributed by atoms with Crippen molar-refractivity contribution in [3.8, 4) is 0 Å². The third-order valence-electron chi connectivity index (χ3n) is 2.76. The summed E-state index contributed by atoms with van der Waals surface area (Å²) in [5, 5.41) is 4.34. The van der Waals surface area contributed by atoms with Crippen LogP contribution >= 0.6 is 24.0 Å². The maximum atomic E-state index is 5.73. The van der Waals surface area contributed by atoms with Crippen LogP contribution in [0.2, 0.25) is 0 Å². The molecular formula is C10H16Cl2N2. The summed E-state index contributed by atoms with van der Waals surface area (Å²) in [6, 6.07) is 0.630. The Morgan fingerprint density at radius 1 is 1.36 bits per heavy atom. The number of alkyl halides is 1. The van der Waals surface area contributed by atoms with Gasteiger partial charge in [0.15, 0.2) is 0 Å². The van der Waals surface area contributed by atoms with Crippen LogP contribution in [-0.4, -0.2) is 9.78 Å². The standard InChI is InChI=1S/C10H15ClN2.ClH/c11-6-9-7-12-13(8-9)10-4-2-1-3-5-10;/h7-8,10H,1-6H2;1H. The van der Waals surface area contributed by atoms with Gasteiger partial charge in [0.2, 0.25) is 0 Å². The Morgan fingerprint density at radius 2 is 2.07 bits per heavy atom. The fourth-order valence-corrected chi connectivity index (χ4v) is 2.13. The van der Waals surface area contributed by atoms with Gasteiger partial charge in [0.05, 0.1) is 18.1 Å². The summed E-state index contributed by atoms with van der Waals surface area (Å²) in [7, 11) is 0. The molecule has 0 atom stereocenters. The van der Waals surface area contributed by atoms with Gasteiger partial charge in [-0.15, -0.1) is 24.0 Å². The first-order chi connectivity index (χ1) is 6.40. The lowest BCUT2D eigenvalue weighted by molar-refractivity contribution is 0.329. The SMILES string of the molecule is Cl.ClCc1cnn(C2CCCCC2)c1. The monoisotopic (exact) mass is 234 g/mol. The Hall–Kier alpha value is -0.210. The molecule has 0 unspecified atom stereocenters. The molecule has 14 heavy (non-hydrogen) atoms. The minimum absolute atomic E-state index is 0. The van der Waals surface area contributed by atoms with Crippen LogP contribution in [0.25, 0.3) is 0 Å². The Bertz CT molecular complexity index is 267. The van der Waals surface area contributed by atoms with Gasteiger partial charge < -0.3 is 0 Å². The van der Waals surface area contributed by atoms with Crippen LogP contribution in [0.5, 0.6) is 0 Å². The van der Waals surface area contributed by atoms with E-state index in [1.807, 2.05) is 6.20 Å². The van der Waals surface area contributed by atoms with Gasteiger partial charge in [-0.1, -0.05) is 19.3 Å². The van der Waals surface area contributed by atoms with Gasteiger partial charge in [-0.3, -0.25) is 4.68 Å². The molecule has 0 N–H and O–H groups in total. The number of nitrogens with zero attached hydrogens (tertiary/aromatic N) is 2. The van der Waals surface area contributed by atoms with E-state index in [0.717, 1.165) is 5.56 Å². The topological polar surface area (TPSA) is 17.8 Å². The average molecular weight is 235 g/mol. The summed E-state index contributed by atoms with van der Waals surface area (Å²) < 4.78 is 2.09. The zero-order chi connectivity index (χ0) is 9.10. The molecule has 1 aliphatic carbocycles. The van der Waals surface area contributed by atoms with Crippen molar-refractivity contribution in [3.63, 3.8) is 0 Å². The second-order valence-corrected chi connectivity index (χ2v) is 4.02. The fraction of sp³-hybridized carbons (Fsp3) is 0.700. The third kappa shape index (κ3) is 2.64. The van der Waals surface area contributed by atoms with E-state index in [1.165, 1.54) is 32.1 Å². The van der Waals surface area contributed by atoms with E-state index in [4.69, 9.17) is 11.6 Å². The van der Waals surface area contributed by atoms with E-state index < -0.39 is 0 Å². The first kappa shape index (κ1) is 11.9. The van der Waals surface area contributed by atoms with E-state index in [1.54, 1.807) is 0 Å². The highest BCUT2D eigenvalue weighted by Crippen LogP contribution is 2.27. The molecule has 2 rings (SSSR count). The van der Waals surface area contributed by atoms with Gasteiger partial charge in [0.1, 0.15) is 0 Å². The predicted octanol–water partition coefficient (Wildman–Crippen LogP) is 3.55. The number of aromatic nitrogens is 2. The van der Waals surface area contributed by atoms with E-state index in [0.29, 0.717) is 11.9 Å². The molecular weight excluding hydrogens is 219 g/mol. The molecule has 0 aromatic carbocycles. The highest BCUT2D eigenvalue weighted by atomic mass is 35.5. The molecule has 2 nitrogen and oxygen atoms in total. The molecule has 0 radical (unpaired) electrons. The maximum absolute atomic E-state index is 5.73. The van der Waals surface area contributed by atoms with E-state index in [9.17, 15) is 0 Å². The molecule has 1 aromatic heterocycles. The molecule has 1 aromatic rings. The predicted molar refractivity (Wildman–Crippen MR) is 61.2 cm³/mol. The number of hydrogen-bond donors (Lipinski definition) is 0. The van der Waals surface area contributed by atoms with Gasteiger partial charge in [0, 0.05) is 11.8 Å². The summed E-state index contributed by atoms with van der Waals surface area (Å²) in [6.45, 7) is 0. The Morgan fingerprint density at radius 3 is 2.64 bits per heavy atom. The van der Waals surface area contributed by atoms with Crippen LogP contribution in [0, 0.1) is 0 Å². The summed E-state index contributed by atoms with van der Waals surface area (Å²) in [6.07, 6.45) is 10.6. The zero-order valence-corrected chi connectivity index (χ0v) is 9.73. The largest absolute Gasteiger partial charge is 0.269 e. The van der Waals surface area contributed by atoms with Crippen molar-refractivity contribution in [1.82, 2.24) is 9.78 Å². The van der Waals surface area contributed by atoms with Crippen LogP contribution in [0.1, 0.15) is 43.7 Å². The van der Waals surface area contributed by atoms with Crippen LogP contribution in [-0.2, 0) is 5.88 Å². The van der Waals surface area contributed by atoms with Crippen LogP contribution in [0.15, 0.2) is 12.4 Å². The molecule has 0 bridgehead atoms. The lowest BCUT2D eigenvalue weighted by atomic mass is 9.96. The Balaban J connectivity index is 0.000000980. The van der Waals surface area contributed by atoms with Crippen molar-refractivity contribution in [2.45, 2.75) is 44.0 Å². The highest BCUT2D eigenvalue weighted by Gasteiger charge is 2.15. The Kier molecular flexibility index (Phi) is 4.76. The van der Waals surface area contributed by atoms with Crippen molar-refractivity contribution in [1.29, 1.82) is 0 Å². The van der Waals surface area contributed by atoms with Crippen molar-refractivity contribution < 1.29 is 0 Å². The Labute approximate surface area is 96.0 Å². The zero-order valence-electron chi connectivity index (χ0n) is 8.16. The molecule has 1 aliphatic rings. The molecule has 0 aliphatic heterocycles. The van der Waals surface area contributed by atoms with Crippen molar-refractivity contribution in [2.75, 3.05) is 0 Å². The lowest BCUT2D eigenvalue weighted by Gasteiger charge is -2.21. The van der Waals surface area contributed by atoms with Crippen LogP contribution in [0.3, 0.4) is 0 Å². The van der Waals surface area contributed by atoms with Gasteiger partial charge in [0.25, 0.3) is 0 Å². The highest BCUT2D eigenvalue weighted by molar-refractivity contribution is 6.17. The first-order valence-electron chi connectivity index (χ1n) is 4.99. The molecule has 1 heterocycles. The third-order valence-corrected chi connectivity index (χ3v) is 3.07. The van der Waals surface area contributed by atoms with Gasteiger partial charge >= 0.3 is 0 Å². The van der Waals surface area contributed by atoms with Crippen molar-refractivity contribution in [3.05, 3.63) is 18.0 Å². The molecule has 0 amide bonds. The normalized spacial score (nSPS) is 17.8. The van der Waals surface area contributed by atoms with Crippen molar-refractivity contribution in [2.24, 2.45) is 0 Å². The smallest absolute Gasteiger partial charge is 0.0534 e. The summed E-state index contributed by atoms with van der Waals surface area (Å²) >= 11 is 5.73. The van der Waals surface area contributed by atoms with E-state index in [-0.39, 0.29) is 12.4 Å². The first-order valence-corrected chi connectivity index (χ1v) is 5.52. The fourth-order valence-electron chi connectivity index (χ4n) is 1.99. The number of rotatable bonds is 2. The summed E-state index contributed by atoms with van der Waals surface area (Å²) in [4.78, 5) is 0. The molecule has 0 spiro atoms.